The maximum atomic E-state index is 14.0. The van der Waals surface area contributed by atoms with Crippen LogP contribution in [-0.2, 0) is 16.0 Å². The Bertz CT molecular complexity index is 1420. The Hall–Kier alpha value is -4.51. The van der Waals surface area contributed by atoms with Crippen molar-refractivity contribution in [2.45, 2.75) is 44.6 Å². The van der Waals surface area contributed by atoms with E-state index in [1.807, 2.05) is 0 Å². The molecule has 0 bridgehead atoms. The first kappa shape index (κ1) is 30.4. The molecule has 0 radical (unpaired) electrons. The lowest BCUT2D eigenvalue weighted by Crippen LogP contribution is -2.58. The molecule has 0 saturated carbocycles. The number of hydrogen-bond donors (Lipinski definition) is 2. The molecular weight excluding hydrogens is 549 g/mol. The average molecular weight is 581 g/mol. The van der Waals surface area contributed by atoms with E-state index in [-0.39, 0.29) is 23.6 Å². The quantitative estimate of drug-likeness (QED) is 0.398. The Morgan fingerprint density at radius 1 is 1.00 bits per heavy atom. The Labute approximate surface area is 241 Å². The number of amides is 3. The minimum atomic E-state index is -4.99. The molecule has 0 spiro atoms. The zero-order chi connectivity index (χ0) is 30.4. The van der Waals surface area contributed by atoms with Crippen molar-refractivity contribution in [3.8, 4) is 0 Å². The molecule has 0 aliphatic carbocycles. The standard InChI is InChI=1S/C31H31F3N4O4/c1-20(2)27-30(42)37(19-26(39)36-24(28(40)31(32,33)34)16-21-10-5-3-6-11-21)25(22-12-7-4-8-13-22)18-38(27)29(41)23-14-9-15-35-17-23/h3-15,17-18,20,24,27-28,40H,16,19H2,1-2H3,(H,36,39). The number of nitrogens with zero attached hydrogens (tertiary/aromatic N) is 3. The summed E-state index contributed by atoms with van der Waals surface area (Å²) in [5.41, 5.74) is 1.48. The van der Waals surface area contributed by atoms with Crippen LogP contribution in [0.15, 0.2) is 91.4 Å². The van der Waals surface area contributed by atoms with E-state index < -0.39 is 48.6 Å². The summed E-state index contributed by atoms with van der Waals surface area (Å²) in [6.07, 6.45) is -3.72. The number of hydrogen-bond acceptors (Lipinski definition) is 5. The molecule has 42 heavy (non-hydrogen) atoms. The van der Waals surface area contributed by atoms with Gasteiger partial charge in [-0.15, -0.1) is 0 Å². The second-order valence-electron chi connectivity index (χ2n) is 10.3. The van der Waals surface area contributed by atoms with Crippen LogP contribution in [-0.4, -0.2) is 68.5 Å². The van der Waals surface area contributed by atoms with E-state index in [0.29, 0.717) is 11.1 Å². The second-order valence-corrected chi connectivity index (χ2v) is 10.3. The lowest BCUT2D eigenvalue weighted by Gasteiger charge is -2.41. The fraction of sp³-hybridized carbons (Fsp3) is 0.290. The van der Waals surface area contributed by atoms with Gasteiger partial charge in [-0.1, -0.05) is 74.5 Å². The van der Waals surface area contributed by atoms with Crippen molar-refractivity contribution in [2.75, 3.05) is 6.54 Å². The van der Waals surface area contributed by atoms with Crippen LogP contribution in [0.1, 0.15) is 35.3 Å². The molecule has 1 aliphatic heterocycles. The molecule has 8 nitrogen and oxygen atoms in total. The monoisotopic (exact) mass is 580 g/mol. The van der Waals surface area contributed by atoms with Crippen LogP contribution in [0.25, 0.3) is 5.70 Å². The van der Waals surface area contributed by atoms with Gasteiger partial charge < -0.3 is 15.3 Å². The van der Waals surface area contributed by atoms with E-state index in [1.54, 1.807) is 86.6 Å². The van der Waals surface area contributed by atoms with Crippen LogP contribution in [0.5, 0.6) is 0 Å². The first-order chi connectivity index (χ1) is 20.0. The van der Waals surface area contributed by atoms with Gasteiger partial charge in [-0.25, -0.2) is 0 Å². The zero-order valence-corrected chi connectivity index (χ0v) is 23.0. The number of rotatable bonds is 9. The molecule has 1 aliphatic rings. The van der Waals surface area contributed by atoms with Gasteiger partial charge in [-0.2, -0.15) is 13.2 Å². The van der Waals surface area contributed by atoms with Crippen LogP contribution in [0.4, 0.5) is 13.2 Å². The smallest absolute Gasteiger partial charge is 0.382 e. The highest BCUT2D eigenvalue weighted by Gasteiger charge is 2.45. The molecule has 4 rings (SSSR count). The maximum absolute atomic E-state index is 14.0. The van der Waals surface area contributed by atoms with Crippen molar-refractivity contribution in [3.63, 3.8) is 0 Å². The van der Waals surface area contributed by atoms with Crippen LogP contribution in [0.2, 0.25) is 0 Å². The van der Waals surface area contributed by atoms with E-state index in [4.69, 9.17) is 0 Å². The van der Waals surface area contributed by atoms with Crippen LogP contribution in [0.3, 0.4) is 0 Å². The van der Waals surface area contributed by atoms with Crippen molar-refractivity contribution in [3.05, 3.63) is 108 Å². The summed E-state index contributed by atoms with van der Waals surface area (Å²) in [5.74, 6) is -2.32. The summed E-state index contributed by atoms with van der Waals surface area (Å²) in [5, 5.41) is 12.4. The summed E-state index contributed by atoms with van der Waals surface area (Å²) in [4.78, 5) is 47.2. The van der Waals surface area contributed by atoms with Crippen molar-refractivity contribution >= 4 is 23.4 Å². The van der Waals surface area contributed by atoms with Gasteiger partial charge in [0, 0.05) is 18.6 Å². The third kappa shape index (κ3) is 7.03. The third-order valence-corrected chi connectivity index (χ3v) is 6.88. The number of halogens is 3. The largest absolute Gasteiger partial charge is 0.416 e. The molecule has 2 heterocycles. The van der Waals surface area contributed by atoms with Crippen LogP contribution < -0.4 is 5.32 Å². The van der Waals surface area contributed by atoms with Gasteiger partial charge >= 0.3 is 6.18 Å². The summed E-state index contributed by atoms with van der Waals surface area (Å²) in [6.45, 7) is 2.87. The molecule has 0 saturated heterocycles. The van der Waals surface area contributed by atoms with Crippen molar-refractivity contribution in [1.82, 2.24) is 20.1 Å². The number of aliphatic hydroxyl groups excluding tert-OH is 1. The minimum absolute atomic E-state index is 0.223. The van der Waals surface area contributed by atoms with Crippen molar-refractivity contribution in [2.24, 2.45) is 5.92 Å². The molecule has 220 valence electrons. The molecule has 2 N–H and O–H groups in total. The first-order valence-electron chi connectivity index (χ1n) is 13.4. The number of aliphatic hydroxyl groups is 1. The van der Waals surface area contributed by atoms with Crippen LogP contribution in [0, 0.1) is 5.92 Å². The SMILES string of the molecule is CC(C)C1C(=O)N(CC(=O)NC(Cc2ccccc2)C(O)C(F)(F)F)C(c2ccccc2)=CN1C(=O)c1cccnc1. The van der Waals surface area contributed by atoms with Gasteiger partial charge in [0.2, 0.25) is 5.91 Å². The van der Waals surface area contributed by atoms with E-state index >= 15 is 0 Å². The van der Waals surface area contributed by atoms with Gasteiger partial charge in [0.15, 0.2) is 6.10 Å². The number of nitrogens with one attached hydrogen (secondary N) is 1. The molecule has 3 atom stereocenters. The Morgan fingerprint density at radius 2 is 1.64 bits per heavy atom. The van der Waals surface area contributed by atoms with Gasteiger partial charge in [-0.05, 0) is 35.6 Å². The lowest BCUT2D eigenvalue weighted by molar-refractivity contribution is -0.212. The normalized spacial score (nSPS) is 17.1. The fourth-order valence-electron chi connectivity index (χ4n) is 4.84. The molecule has 3 aromatic rings. The number of pyridine rings is 1. The zero-order valence-electron chi connectivity index (χ0n) is 23.0. The van der Waals surface area contributed by atoms with E-state index in [2.05, 4.69) is 10.3 Å². The molecule has 0 fully saturated rings. The summed E-state index contributed by atoms with van der Waals surface area (Å²) in [6, 6.07) is 17.2. The molecule has 3 unspecified atom stereocenters. The maximum Gasteiger partial charge on any atom is 0.416 e. The molecule has 1 aromatic heterocycles. The fourth-order valence-corrected chi connectivity index (χ4v) is 4.84. The second kappa shape index (κ2) is 13.0. The van der Waals surface area contributed by atoms with Gasteiger partial charge in [0.25, 0.3) is 11.8 Å². The summed E-state index contributed by atoms with van der Waals surface area (Å²) < 4.78 is 40.6. The molecule has 3 amide bonds. The van der Waals surface area contributed by atoms with E-state index in [9.17, 15) is 32.7 Å². The number of benzene rings is 2. The third-order valence-electron chi connectivity index (χ3n) is 6.88. The Balaban J connectivity index is 1.68. The predicted molar refractivity (Wildman–Crippen MR) is 149 cm³/mol. The summed E-state index contributed by atoms with van der Waals surface area (Å²) in [7, 11) is 0. The van der Waals surface area contributed by atoms with E-state index in [0.717, 1.165) is 0 Å². The van der Waals surface area contributed by atoms with Crippen molar-refractivity contribution in [1.29, 1.82) is 0 Å². The van der Waals surface area contributed by atoms with Gasteiger partial charge in [0.05, 0.1) is 17.3 Å². The Morgan fingerprint density at radius 3 is 2.21 bits per heavy atom. The molecular formula is C31H31F3N4O4. The molecule has 11 heteroatoms. The number of carbonyl (C=O) groups is 3. The highest BCUT2D eigenvalue weighted by Crippen LogP contribution is 2.31. The van der Waals surface area contributed by atoms with E-state index in [1.165, 1.54) is 28.4 Å². The Kier molecular flexibility index (Phi) is 9.41. The van der Waals surface area contributed by atoms with Gasteiger partial charge in [0.1, 0.15) is 12.6 Å². The highest BCUT2D eigenvalue weighted by molar-refractivity contribution is 6.03. The summed E-state index contributed by atoms with van der Waals surface area (Å²) >= 11 is 0. The molecule has 2 aromatic carbocycles. The first-order valence-corrected chi connectivity index (χ1v) is 13.4. The van der Waals surface area contributed by atoms with Crippen molar-refractivity contribution < 1.29 is 32.7 Å². The van der Waals surface area contributed by atoms with Gasteiger partial charge in [-0.3, -0.25) is 24.3 Å². The number of aromatic nitrogens is 1. The highest BCUT2D eigenvalue weighted by atomic mass is 19.4. The predicted octanol–water partition coefficient (Wildman–Crippen LogP) is 4.04. The number of alkyl halides is 3. The minimum Gasteiger partial charge on any atom is -0.382 e. The van der Waals surface area contributed by atoms with Crippen LogP contribution >= 0.6 is 0 Å². The average Bonchev–Trinajstić information content (AvgIpc) is 2.97. The topological polar surface area (TPSA) is 103 Å². The lowest BCUT2D eigenvalue weighted by atomic mass is 9.96. The number of carbonyl (C=O) groups excluding carboxylic acids is 3.